The van der Waals surface area contributed by atoms with Gasteiger partial charge in [-0.25, -0.2) is 0 Å². The number of benzene rings is 10. The SMILES string of the molecule is c1ccc2ncc(-c3c4c(cc5c3ccc3c6cc7c(c(-c8cnc9ccccc9c8)c6ccc53)-c3cccc5cccc-7c35)-c3cccc5cccc-4c35)cc2c1. The van der Waals surface area contributed by atoms with E-state index in [2.05, 4.69) is 182 Å². The van der Waals surface area contributed by atoms with E-state index in [-0.39, 0.29) is 0 Å². The minimum Gasteiger partial charge on any atom is -0.256 e. The third kappa shape index (κ3) is 3.91. The average molecular weight is 731 g/mol. The van der Waals surface area contributed by atoms with Crippen LogP contribution in [-0.2, 0) is 0 Å². The van der Waals surface area contributed by atoms with Gasteiger partial charge in [-0.1, -0.05) is 133 Å². The topological polar surface area (TPSA) is 25.8 Å². The highest BCUT2D eigenvalue weighted by atomic mass is 14.7. The maximum absolute atomic E-state index is 5.01. The van der Waals surface area contributed by atoms with Crippen molar-refractivity contribution in [2.24, 2.45) is 0 Å². The minimum atomic E-state index is 1.01. The lowest BCUT2D eigenvalue weighted by Crippen LogP contribution is -1.93. The average Bonchev–Trinajstić information content (AvgIpc) is 3.78. The van der Waals surface area contributed by atoms with E-state index in [1.54, 1.807) is 0 Å². The largest absolute Gasteiger partial charge is 0.256 e. The van der Waals surface area contributed by atoms with Crippen molar-refractivity contribution >= 4 is 75.7 Å². The summed E-state index contributed by atoms with van der Waals surface area (Å²) < 4.78 is 0. The minimum absolute atomic E-state index is 1.01. The molecular weight excluding hydrogens is 701 g/mol. The Kier molecular flexibility index (Phi) is 5.79. The van der Waals surface area contributed by atoms with Crippen LogP contribution in [0.1, 0.15) is 0 Å². The molecule has 0 bridgehead atoms. The Labute approximate surface area is 333 Å². The van der Waals surface area contributed by atoms with Gasteiger partial charge in [0.1, 0.15) is 0 Å². The molecule has 10 aromatic carbocycles. The Morgan fingerprint density at radius 2 is 0.655 bits per heavy atom. The van der Waals surface area contributed by atoms with Crippen molar-refractivity contribution in [3.8, 4) is 66.8 Å². The van der Waals surface area contributed by atoms with Crippen molar-refractivity contribution in [1.82, 2.24) is 9.97 Å². The third-order valence-electron chi connectivity index (χ3n) is 13.1. The van der Waals surface area contributed by atoms with Crippen LogP contribution < -0.4 is 0 Å². The lowest BCUT2D eigenvalue weighted by atomic mass is 9.84. The van der Waals surface area contributed by atoms with Crippen LogP contribution in [0.4, 0.5) is 0 Å². The summed E-state index contributed by atoms with van der Waals surface area (Å²) in [6.07, 6.45) is 4.16. The predicted octanol–water partition coefficient (Wildman–Crippen LogP) is 15.2. The molecule has 0 fully saturated rings. The molecule has 0 saturated heterocycles. The number of fused-ring (bicyclic) bond motifs is 13. The zero-order valence-electron chi connectivity index (χ0n) is 31.2. The van der Waals surface area contributed by atoms with Gasteiger partial charge in [0.25, 0.3) is 0 Å². The van der Waals surface area contributed by atoms with Gasteiger partial charge in [0, 0.05) is 34.3 Å². The standard InChI is InChI=1S/C56H30N2/c1-3-19-49-33(9-1)25-35(29-57-49)53-41-23-21-38-37(45(41)27-47-39-15-5-11-31-13-7-17-43(51(31)39)55(47)53)22-24-42-46(38)28-48-40-16-6-12-32-14-8-18-44(52(32)40)56(48)54(42)36-26-34-10-2-4-20-50(34)58-30-36/h1-30H. The lowest BCUT2D eigenvalue weighted by molar-refractivity contribution is 1.41. The molecule has 0 N–H and O–H groups in total. The van der Waals surface area contributed by atoms with E-state index in [1.165, 1.54) is 109 Å². The molecule has 264 valence electrons. The van der Waals surface area contributed by atoms with Crippen molar-refractivity contribution in [2.75, 3.05) is 0 Å². The van der Waals surface area contributed by atoms with Crippen LogP contribution in [0.3, 0.4) is 0 Å². The molecule has 12 aromatic rings. The summed E-state index contributed by atoms with van der Waals surface area (Å²) in [6, 6.07) is 63.0. The van der Waals surface area contributed by atoms with Crippen molar-refractivity contribution in [2.45, 2.75) is 0 Å². The summed E-state index contributed by atoms with van der Waals surface area (Å²) in [4.78, 5) is 10.0. The molecule has 2 heteroatoms. The molecule has 58 heavy (non-hydrogen) atoms. The first-order chi connectivity index (χ1) is 28.8. The molecule has 0 aliphatic heterocycles. The molecule has 0 unspecified atom stereocenters. The van der Waals surface area contributed by atoms with Crippen molar-refractivity contribution < 1.29 is 0 Å². The maximum Gasteiger partial charge on any atom is 0.0702 e. The first-order valence-corrected chi connectivity index (χ1v) is 20.1. The van der Waals surface area contributed by atoms with Crippen molar-refractivity contribution in [3.63, 3.8) is 0 Å². The van der Waals surface area contributed by atoms with Gasteiger partial charge in [-0.05, 0) is 146 Å². The van der Waals surface area contributed by atoms with Crippen molar-refractivity contribution in [3.05, 3.63) is 182 Å². The van der Waals surface area contributed by atoms with Gasteiger partial charge in [-0.15, -0.1) is 0 Å². The van der Waals surface area contributed by atoms with Gasteiger partial charge >= 0.3 is 0 Å². The molecule has 0 atom stereocenters. The third-order valence-corrected chi connectivity index (χ3v) is 13.1. The first-order valence-electron chi connectivity index (χ1n) is 20.1. The van der Waals surface area contributed by atoms with E-state index in [0.29, 0.717) is 0 Å². The Morgan fingerprint density at radius 3 is 1.12 bits per heavy atom. The van der Waals surface area contributed by atoms with Crippen LogP contribution in [0.25, 0.3) is 142 Å². The van der Waals surface area contributed by atoms with Crippen LogP contribution in [0.15, 0.2) is 182 Å². The summed E-state index contributed by atoms with van der Waals surface area (Å²) in [5, 5.41) is 15.0. The quantitative estimate of drug-likeness (QED) is 0.166. The van der Waals surface area contributed by atoms with Crippen molar-refractivity contribution in [1.29, 1.82) is 0 Å². The zero-order valence-corrected chi connectivity index (χ0v) is 31.2. The van der Waals surface area contributed by atoms with Gasteiger partial charge in [0.2, 0.25) is 0 Å². The van der Waals surface area contributed by atoms with Crippen LogP contribution in [0.5, 0.6) is 0 Å². The van der Waals surface area contributed by atoms with E-state index in [1.807, 2.05) is 0 Å². The number of pyridine rings is 2. The van der Waals surface area contributed by atoms with E-state index in [0.717, 1.165) is 32.9 Å². The Bertz CT molecular complexity index is 3590. The second-order valence-electron chi connectivity index (χ2n) is 16.0. The Hall–Kier alpha value is -7.68. The monoisotopic (exact) mass is 730 g/mol. The Balaban J connectivity index is 1.13. The zero-order chi connectivity index (χ0) is 37.6. The summed E-state index contributed by atoms with van der Waals surface area (Å²) in [5.74, 6) is 0. The first kappa shape index (κ1) is 30.5. The second-order valence-corrected chi connectivity index (χ2v) is 16.0. The van der Waals surface area contributed by atoms with Gasteiger partial charge < -0.3 is 0 Å². The summed E-state index contributed by atoms with van der Waals surface area (Å²) >= 11 is 0. The van der Waals surface area contributed by atoms with Crippen LogP contribution >= 0.6 is 0 Å². The molecule has 0 radical (unpaired) electrons. The van der Waals surface area contributed by atoms with E-state index in [9.17, 15) is 0 Å². The number of hydrogen-bond acceptors (Lipinski definition) is 2. The number of hydrogen-bond donors (Lipinski definition) is 0. The fraction of sp³-hybridized carbons (Fsp3) is 0. The molecule has 2 nitrogen and oxygen atoms in total. The van der Waals surface area contributed by atoms with E-state index < -0.39 is 0 Å². The van der Waals surface area contributed by atoms with Gasteiger partial charge in [0.15, 0.2) is 0 Å². The normalized spacial score (nSPS) is 12.5. The highest BCUT2D eigenvalue weighted by Gasteiger charge is 2.30. The lowest BCUT2D eigenvalue weighted by Gasteiger charge is -2.19. The van der Waals surface area contributed by atoms with Crippen LogP contribution in [-0.4, -0.2) is 9.97 Å². The van der Waals surface area contributed by atoms with E-state index in [4.69, 9.17) is 9.97 Å². The molecule has 2 heterocycles. The molecular formula is C56H30N2. The summed E-state index contributed by atoms with van der Waals surface area (Å²) in [5.41, 5.74) is 17.1. The molecule has 0 saturated carbocycles. The summed E-state index contributed by atoms with van der Waals surface area (Å²) in [6.45, 7) is 0. The molecule has 2 aliphatic carbocycles. The number of aromatic nitrogens is 2. The number of para-hydroxylation sites is 2. The van der Waals surface area contributed by atoms with Gasteiger partial charge in [0.05, 0.1) is 11.0 Å². The molecule has 14 rings (SSSR count). The highest BCUT2D eigenvalue weighted by Crippen LogP contribution is 2.57. The van der Waals surface area contributed by atoms with Gasteiger partial charge in [-0.2, -0.15) is 0 Å². The smallest absolute Gasteiger partial charge is 0.0702 e. The second kappa shape index (κ2) is 11.0. The van der Waals surface area contributed by atoms with E-state index >= 15 is 0 Å². The molecule has 0 amide bonds. The van der Waals surface area contributed by atoms with Gasteiger partial charge in [-0.3, -0.25) is 9.97 Å². The number of rotatable bonds is 2. The fourth-order valence-electron chi connectivity index (χ4n) is 10.7. The van der Waals surface area contributed by atoms with Crippen LogP contribution in [0.2, 0.25) is 0 Å². The molecule has 0 spiro atoms. The van der Waals surface area contributed by atoms with Crippen LogP contribution in [0, 0.1) is 0 Å². The Morgan fingerprint density at radius 1 is 0.259 bits per heavy atom. The molecule has 2 aromatic heterocycles. The highest BCUT2D eigenvalue weighted by molar-refractivity contribution is 6.30. The summed E-state index contributed by atoms with van der Waals surface area (Å²) in [7, 11) is 0. The predicted molar refractivity (Wildman–Crippen MR) is 244 cm³/mol. The fourth-order valence-corrected chi connectivity index (χ4v) is 10.7. The number of nitrogens with zero attached hydrogens (tertiary/aromatic N) is 2. The maximum atomic E-state index is 5.01. The molecule has 2 aliphatic rings.